The molecule has 0 aromatic rings. The van der Waals surface area contributed by atoms with Crippen LogP contribution in [0.15, 0.2) is 11.7 Å². The fourth-order valence-electron chi connectivity index (χ4n) is 0.249. The third-order valence-corrected chi connectivity index (χ3v) is 1.02. The molecule has 0 radical (unpaired) electrons. The van der Waals surface area contributed by atoms with Gasteiger partial charge in [0.15, 0.2) is 0 Å². The van der Waals surface area contributed by atoms with Crippen molar-refractivity contribution in [1.82, 2.24) is 0 Å². The highest BCUT2D eigenvalue weighted by Crippen LogP contribution is 2.39. The second-order valence-corrected chi connectivity index (χ2v) is 2.57. The van der Waals surface area contributed by atoms with Gasteiger partial charge in [-0.1, -0.05) is 0 Å². The molecular formula is C4Cl2F6. The molecule has 0 atom stereocenters. The summed E-state index contributed by atoms with van der Waals surface area (Å²) in [6.07, 6.45) is 0. The minimum Gasteiger partial charge on any atom is -0.200 e. The topological polar surface area (TPSA) is 0 Å². The maximum atomic E-state index is 11.9. The van der Waals surface area contributed by atoms with Gasteiger partial charge in [-0.05, 0) is 23.2 Å². The average molecular weight is 233 g/mol. The van der Waals surface area contributed by atoms with Gasteiger partial charge in [-0.25, -0.2) is 8.78 Å². The Morgan fingerprint density at radius 2 is 0.917 bits per heavy atom. The number of halogens is 8. The van der Waals surface area contributed by atoms with Crippen LogP contribution >= 0.6 is 23.2 Å². The summed E-state index contributed by atoms with van der Waals surface area (Å²) in [5.41, 5.74) is 0. The zero-order valence-corrected chi connectivity index (χ0v) is 6.54. The monoisotopic (exact) mass is 232 g/mol. The lowest BCUT2D eigenvalue weighted by molar-refractivity contribution is 0.0700. The molecule has 0 rings (SSSR count). The maximum Gasteiger partial charge on any atom is 0.376 e. The summed E-state index contributed by atoms with van der Waals surface area (Å²) < 4.78 is 70.1. The molecule has 0 aromatic carbocycles. The second-order valence-electron chi connectivity index (χ2n) is 1.62. The van der Waals surface area contributed by atoms with E-state index in [2.05, 4.69) is 23.2 Å². The van der Waals surface area contributed by atoms with E-state index in [0.29, 0.717) is 0 Å². The van der Waals surface area contributed by atoms with Crippen molar-refractivity contribution >= 4 is 23.2 Å². The number of rotatable bonds is 2. The Balaban J connectivity index is 4.96. The lowest BCUT2D eigenvalue weighted by Crippen LogP contribution is -2.15. The molecule has 0 unspecified atom stereocenters. The van der Waals surface area contributed by atoms with E-state index in [-0.39, 0.29) is 0 Å². The minimum absolute atomic E-state index is 3.09. The van der Waals surface area contributed by atoms with Gasteiger partial charge in [0, 0.05) is 0 Å². The highest BCUT2D eigenvalue weighted by atomic mass is 35.5. The Kier molecular flexibility index (Phi) is 3.31. The van der Waals surface area contributed by atoms with Gasteiger partial charge in [0.2, 0.25) is 11.7 Å². The SMILES string of the molecule is F/C(=C(\F)C(F)(F)Cl)C(F)(F)Cl. The van der Waals surface area contributed by atoms with Gasteiger partial charge in [-0.3, -0.25) is 0 Å². The van der Waals surface area contributed by atoms with Crippen LogP contribution in [0.4, 0.5) is 26.3 Å². The van der Waals surface area contributed by atoms with E-state index in [1.165, 1.54) is 0 Å². The molecule has 0 spiro atoms. The standard InChI is InChI=1S/C4Cl2F6/c5-3(9,10)1(7)2(8)4(6,11)12/b2-1-. The van der Waals surface area contributed by atoms with Crippen LogP contribution in [0.1, 0.15) is 0 Å². The molecule has 0 bridgehead atoms. The quantitative estimate of drug-likeness (QED) is 0.502. The van der Waals surface area contributed by atoms with Crippen molar-refractivity contribution in [2.24, 2.45) is 0 Å². The first-order chi connectivity index (χ1) is 5.07. The summed E-state index contributed by atoms with van der Waals surface area (Å²) in [5.74, 6) is -6.19. The van der Waals surface area contributed by atoms with E-state index >= 15 is 0 Å². The van der Waals surface area contributed by atoms with Crippen molar-refractivity contribution in [3.63, 3.8) is 0 Å². The first kappa shape index (κ1) is 11.9. The molecule has 72 valence electrons. The van der Waals surface area contributed by atoms with Crippen LogP contribution in [-0.4, -0.2) is 10.8 Å². The molecule has 12 heavy (non-hydrogen) atoms. The lowest BCUT2D eigenvalue weighted by Gasteiger charge is -2.09. The van der Waals surface area contributed by atoms with E-state index in [1.807, 2.05) is 0 Å². The molecule has 0 amide bonds. The Bertz CT molecular complexity index is 177. The largest absolute Gasteiger partial charge is 0.376 e. The molecule has 0 aromatic heterocycles. The fraction of sp³-hybridized carbons (Fsp3) is 0.500. The molecule has 0 saturated heterocycles. The van der Waals surface area contributed by atoms with E-state index in [9.17, 15) is 26.3 Å². The van der Waals surface area contributed by atoms with Crippen LogP contribution in [0, 0.1) is 0 Å². The third-order valence-electron chi connectivity index (χ3n) is 0.690. The van der Waals surface area contributed by atoms with Crippen LogP contribution in [-0.2, 0) is 0 Å². The predicted octanol–water partition coefficient (Wildman–Crippen LogP) is 3.80. The first-order valence-electron chi connectivity index (χ1n) is 2.26. The average Bonchev–Trinajstić information content (AvgIpc) is 1.80. The summed E-state index contributed by atoms with van der Waals surface area (Å²) in [7, 11) is 0. The number of hydrogen-bond donors (Lipinski definition) is 0. The lowest BCUT2D eigenvalue weighted by atomic mass is 10.4. The summed E-state index contributed by atoms with van der Waals surface area (Å²) in [5, 5.41) is -9.63. The number of alkyl halides is 6. The predicted molar refractivity (Wildman–Crippen MR) is 30.8 cm³/mol. The van der Waals surface area contributed by atoms with Crippen LogP contribution in [0.5, 0.6) is 0 Å². The number of allylic oxidation sites excluding steroid dienone is 2. The molecule has 0 aliphatic rings. The fourth-order valence-corrected chi connectivity index (χ4v) is 0.415. The smallest absolute Gasteiger partial charge is 0.200 e. The van der Waals surface area contributed by atoms with Gasteiger partial charge in [-0.15, -0.1) is 0 Å². The first-order valence-corrected chi connectivity index (χ1v) is 3.02. The third kappa shape index (κ3) is 3.10. The molecular weight excluding hydrogens is 233 g/mol. The Hall–Kier alpha value is -0.100. The maximum absolute atomic E-state index is 11.9. The van der Waals surface area contributed by atoms with Crippen molar-refractivity contribution in [2.75, 3.05) is 0 Å². The minimum atomic E-state index is -4.82. The highest BCUT2D eigenvalue weighted by Gasteiger charge is 2.44. The molecule has 0 saturated carbocycles. The Morgan fingerprint density at radius 1 is 0.750 bits per heavy atom. The van der Waals surface area contributed by atoms with Crippen molar-refractivity contribution in [3.8, 4) is 0 Å². The molecule has 0 N–H and O–H groups in total. The van der Waals surface area contributed by atoms with E-state index in [4.69, 9.17) is 0 Å². The van der Waals surface area contributed by atoms with E-state index in [1.54, 1.807) is 0 Å². The molecule has 8 heteroatoms. The zero-order valence-electron chi connectivity index (χ0n) is 5.02. The zero-order chi connectivity index (χ0) is 10.2. The van der Waals surface area contributed by atoms with Crippen molar-refractivity contribution in [2.45, 2.75) is 10.8 Å². The van der Waals surface area contributed by atoms with Gasteiger partial charge < -0.3 is 0 Å². The number of hydrogen-bond acceptors (Lipinski definition) is 0. The summed E-state index contributed by atoms with van der Waals surface area (Å²) in [6.45, 7) is 0. The van der Waals surface area contributed by atoms with Gasteiger partial charge in [0.1, 0.15) is 0 Å². The van der Waals surface area contributed by atoms with Crippen molar-refractivity contribution in [3.05, 3.63) is 11.7 Å². The van der Waals surface area contributed by atoms with Gasteiger partial charge in [0.25, 0.3) is 0 Å². The highest BCUT2D eigenvalue weighted by molar-refractivity contribution is 6.24. The molecule has 0 nitrogen and oxygen atoms in total. The van der Waals surface area contributed by atoms with Crippen molar-refractivity contribution < 1.29 is 26.3 Å². The molecule has 0 aliphatic carbocycles. The van der Waals surface area contributed by atoms with Crippen LogP contribution < -0.4 is 0 Å². The molecule has 0 aliphatic heterocycles. The summed E-state index contributed by atoms with van der Waals surface area (Å²) in [4.78, 5) is 0. The molecule has 0 fully saturated rings. The van der Waals surface area contributed by atoms with Crippen LogP contribution in [0.2, 0.25) is 0 Å². The summed E-state index contributed by atoms with van der Waals surface area (Å²) in [6, 6.07) is 0. The van der Waals surface area contributed by atoms with Crippen LogP contribution in [0.3, 0.4) is 0 Å². The van der Waals surface area contributed by atoms with Gasteiger partial charge >= 0.3 is 10.8 Å². The normalized spacial score (nSPS) is 16.0. The Morgan fingerprint density at radius 3 is 1.00 bits per heavy atom. The van der Waals surface area contributed by atoms with Gasteiger partial charge in [-0.2, -0.15) is 17.6 Å². The summed E-state index contributed by atoms with van der Waals surface area (Å²) >= 11 is 7.77. The van der Waals surface area contributed by atoms with E-state index in [0.717, 1.165) is 0 Å². The van der Waals surface area contributed by atoms with E-state index < -0.39 is 22.4 Å². The van der Waals surface area contributed by atoms with Crippen molar-refractivity contribution in [1.29, 1.82) is 0 Å². The molecule has 0 heterocycles. The second kappa shape index (κ2) is 3.33. The Labute approximate surface area is 72.7 Å². The van der Waals surface area contributed by atoms with Crippen LogP contribution in [0.25, 0.3) is 0 Å². The van der Waals surface area contributed by atoms with Gasteiger partial charge in [0.05, 0.1) is 0 Å².